The third-order valence-corrected chi connectivity index (χ3v) is 7.46. The number of sulfone groups is 1. The van der Waals surface area contributed by atoms with Gasteiger partial charge in [0.25, 0.3) is 0 Å². The quantitative estimate of drug-likeness (QED) is 0.753. The zero-order valence-corrected chi connectivity index (χ0v) is 16.4. The van der Waals surface area contributed by atoms with Crippen LogP contribution in [0.1, 0.15) is 24.8 Å². The number of hydrogen-bond acceptors (Lipinski definition) is 5. The summed E-state index contributed by atoms with van der Waals surface area (Å²) in [4.78, 5) is 4.36. The zero-order chi connectivity index (χ0) is 20.0. The molecule has 1 aromatic rings. The van der Waals surface area contributed by atoms with Crippen LogP contribution < -0.4 is 4.74 Å². The first-order valence-electron chi connectivity index (χ1n) is 8.91. The summed E-state index contributed by atoms with van der Waals surface area (Å²) >= 11 is 0. The summed E-state index contributed by atoms with van der Waals surface area (Å²) < 4.78 is 64.8. The van der Waals surface area contributed by atoms with Crippen LogP contribution in [0.15, 0.2) is 24.3 Å². The number of benzene rings is 1. The van der Waals surface area contributed by atoms with E-state index in [1.807, 2.05) is 14.1 Å². The average molecular weight is 406 g/mol. The maximum Gasteiger partial charge on any atom is 0.573 e. The van der Waals surface area contributed by atoms with Gasteiger partial charge in [-0.1, -0.05) is 12.1 Å². The predicted molar refractivity (Wildman–Crippen MR) is 96.2 cm³/mol. The number of piperidine rings is 1. The number of nitrogens with zero attached hydrogens (tertiary/aromatic N) is 2. The van der Waals surface area contributed by atoms with Crippen LogP contribution in [-0.4, -0.2) is 68.3 Å². The molecule has 0 spiro atoms. The van der Waals surface area contributed by atoms with Gasteiger partial charge in [0.1, 0.15) is 5.75 Å². The van der Waals surface area contributed by atoms with Crippen LogP contribution in [0.2, 0.25) is 0 Å². The fraction of sp³-hybridized carbons (Fsp3) is 0.667. The molecule has 1 aromatic carbocycles. The number of ether oxygens (including phenoxy) is 1. The maximum absolute atomic E-state index is 12.3. The van der Waals surface area contributed by atoms with E-state index in [-0.39, 0.29) is 29.1 Å². The lowest BCUT2D eigenvalue weighted by atomic mass is 9.96. The van der Waals surface area contributed by atoms with E-state index >= 15 is 0 Å². The minimum Gasteiger partial charge on any atom is -0.406 e. The number of alkyl halides is 3. The summed E-state index contributed by atoms with van der Waals surface area (Å²) in [6, 6.07) is 6.34. The van der Waals surface area contributed by atoms with Crippen LogP contribution in [0.3, 0.4) is 0 Å². The molecule has 0 aliphatic carbocycles. The Morgan fingerprint density at radius 3 is 2.37 bits per heavy atom. The Hall–Kier alpha value is -1.32. The Balaban J connectivity index is 1.66. The molecule has 2 aliphatic rings. The molecule has 0 saturated carbocycles. The molecule has 0 radical (unpaired) electrons. The van der Waals surface area contributed by atoms with E-state index in [1.54, 1.807) is 12.1 Å². The van der Waals surface area contributed by atoms with E-state index in [0.717, 1.165) is 18.4 Å². The molecular weight excluding hydrogens is 381 g/mol. The van der Waals surface area contributed by atoms with Gasteiger partial charge in [-0.05, 0) is 51.1 Å². The zero-order valence-electron chi connectivity index (χ0n) is 15.6. The molecule has 2 aliphatic heterocycles. The molecule has 0 N–H and O–H groups in total. The van der Waals surface area contributed by atoms with Crippen LogP contribution in [0.25, 0.3) is 0 Å². The van der Waals surface area contributed by atoms with Gasteiger partial charge in [-0.2, -0.15) is 0 Å². The van der Waals surface area contributed by atoms with Crippen LogP contribution in [0.4, 0.5) is 13.2 Å². The third kappa shape index (κ3) is 4.57. The molecule has 5 nitrogen and oxygen atoms in total. The fourth-order valence-corrected chi connectivity index (χ4v) is 6.04. The largest absolute Gasteiger partial charge is 0.573 e. The van der Waals surface area contributed by atoms with E-state index in [4.69, 9.17) is 0 Å². The Kier molecular flexibility index (Phi) is 5.48. The van der Waals surface area contributed by atoms with Crippen molar-refractivity contribution in [1.29, 1.82) is 0 Å². The molecule has 152 valence electrons. The van der Waals surface area contributed by atoms with Crippen molar-refractivity contribution in [3.8, 4) is 5.75 Å². The van der Waals surface area contributed by atoms with Crippen molar-refractivity contribution in [2.45, 2.75) is 55.5 Å². The Morgan fingerprint density at radius 1 is 1.19 bits per heavy atom. The molecule has 2 heterocycles. The smallest absolute Gasteiger partial charge is 0.406 e. The topological polar surface area (TPSA) is 49.9 Å². The van der Waals surface area contributed by atoms with E-state index in [0.29, 0.717) is 13.0 Å². The number of halogens is 3. The minimum atomic E-state index is -4.69. The third-order valence-electron chi connectivity index (χ3n) is 5.86. The summed E-state index contributed by atoms with van der Waals surface area (Å²) in [5.74, 6) is -0.235. The standard InChI is InChI=1S/C18H25F3N2O3S/c1-22(11-12-4-6-13(7-5-12)26-18(19,20)21)14-8-9-15-17(27(3,24)25)10-16(14)23(15)2/h4-7,14-17H,8-11H2,1-3H3. The summed E-state index contributed by atoms with van der Waals surface area (Å²) in [6.45, 7) is 0.579. The van der Waals surface area contributed by atoms with Gasteiger partial charge in [0.05, 0.1) is 5.25 Å². The van der Waals surface area contributed by atoms with Gasteiger partial charge in [-0.25, -0.2) is 8.42 Å². The van der Waals surface area contributed by atoms with E-state index in [9.17, 15) is 21.6 Å². The highest BCUT2D eigenvalue weighted by Gasteiger charge is 2.50. The fourth-order valence-electron chi connectivity index (χ4n) is 4.60. The second-order valence-corrected chi connectivity index (χ2v) is 9.92. The highest BCUT2D eigenvalue weighted by Crippen LogP contribution is 2.39. The van der Waals surface area contributed by atoms with E-state index < -0.39 is 16.2 Å². The van der Waals surface area contributed by atoms with E-state index in [1.165, 1.54) is 18.4 Å². The van der Waals surface area contributed by atoms with Crippen molar-refractivity contribution >= 4 is 9.84 Å². The summed E-state index contributed by atoms with van der Waals surface area (Å²) in [6.07, 6.45) is -1.00. The predicted octanol–water partition coefficient (Wildman–Crippen LogP) is 2.67. The van der Waals surface area contributed by atoms with Crippen molar-refractivity contribution < 1.29 is 26.3 Å². The Labute approximate surface area is 158 Å². The van der Waals surface area contributed by atoms with Crippen LogP contribution in [0, 0.1) is 0 Å². The first-order valence-corrected chi connectivity index (χ1v) is 10.9. The lowest BCUT2D eigenvalue weighted by Crippen LogP contribution is -2.52. The lowest BCUT2D eigenvalue weighted by molar-refractivity contribution is -0.274. The van der Waals surface area contributed by atoms with Crippen molar-refractivity contribution in [1.82, 2.24) is 9.80 Å². The molecule has 9 heteroatoms. The van der Waals surface area contributed by atoms with Gasteiger partial charge < -0.3 is 4.74 Å². The van der Waals surface area contributed by atoms with Gasteiger partial charge >= 0.3 is 6.36 Å². The molecule has 2 saturated heterocycles. The Morgan fingerprint density at radius 2 is 1.81 bits per heavy atom. The molecule has 2 fully saturated rings. The van der Waals surface area contributed by atoms with Crippen molar-refractivity contribution in [3.63, 3.8) is 0 Å². The maximum atomic E-state index is 12.3. The number of likely N-dealkylation sites (N-methyl/N-ethyl adjacent to an activating group) is 2. The summed E-state index contributed by atoms with van der Waals surface area (Å²) in [5, 5.41) is -0.315. The van der Waals surface area contributed by atoms with Crippen LogP contribution in [-0.2, 0) is 16.4 Å². The SMILES string of the molecule is CN(Cc1ccc(OC(F)(F)F)cc1)C1CCC2C(S(C)(=O)=O)CC1N2C. The first kappa shape index (κ1) is 20.4. The molecule has 27 heavy (non-hydrogen) atoms. The molecule has 4 atom stereocenters. The van der Waals surface area contributed by atoms with Crippen LogP contribution in [0.5, 0.6) is 5.75 Å². The number of fused-ring (bicyclic) bond motifs is 2. The lowest BCUT2D eigenvalue weighted by Gasteiger charge is -2.42. The summed E-state index contributed by atoms with van der Waals surface area (Å²) in [5.41, 5.74) is 0.884. The number of hydrogen-bond donors (Lipinski definition) is 0. The van der Waals surface area contributed by atoms with Gasteiger partial charge in [0, 0.05) is 30.9 Å². The second-order valence-electron chi connectivity index (χ2n) is 7.66. The van der Waals surface area contributed by atoms with Crippen molar-refractivity contribution in [2.75, 3.05) is 20.4 Å². The molecule has 0 aromatic heterocycles. The second kappa shape index (κ2) is 7.25. The molecule has 4 unspecified atom stereocenters. The van der Waals surface area contributed by atoms with Gasteiger partial charge in [-0.3, -0.25) is 9.80 Å². The van der Waals surface area contributed by atoms with Crippen LogP contribution >= 0.6 is 0 Å². The molecule has 0 amide bonds. The summed E-state index contributed by atoms with van der Waals surface area (Å²) in [7, 11) is 0.885. The van der Waals surface area contributed by atoms with Crippen molar-refractivity contribution in [3.05, 3.63) is 29.8 Å². The average Bonchev–Trinajstić information content (AvgIpc) is 2.75. The van der Waals surface area contributed by atoms with Crippen molar-refractivity contribution in [2.24, 2.45) is 0 Å². The van der Waals surface area contributed by atoms with E-state index in [2.05, 4.69) is 14.5 Å². The number of rotatable bonds is 5. The first-order chi connectivity index (χ1) is 12.5. The van der Waals surface area contributed by atoms with Gasteiger partial charge in [-0.15, -0.1) is 13.2 Å². The molecule has 2 bridgehead atoms. The highest BCUT2D eigenvalue weighted by molar-refractivity contribution is 7.91. The minimum absolute atomic E-state index is 0.0773. The molecular formula is C18H25F3N2O3S. The van der Waals surface area contributed by atoms with Gasteiger partial charge in [0.15, 0.2) is 9.84 Å². The van der Waals surface area contributed by atoms with Gasteiger partial charge in [0.2, 0.25) is 0 Å². The normalized spacial score (nSPS) is 29.3. The highest BCUT2D eigenvalue weighted by atomic mass is 32.2. The Bertz CT molecular complexity index is 767. The molecule has 3 rings (SSSR count). The monoisotopic (exact) mass is 406 g/mol.